The summed E-state index contributed by atoms with van der Waals surface area (Å²) in [4.78, 5) is 13.0. The molecule has 2 aromatic rings. The van der Waals surface area contributed by atoms with Crippen LogP contribution in [0.5, 0.6) is 5.88 Å². The zero-order valence-corrected chi connectivity index (χ0v) is 16.5. The van der Waals surface area contributed by atoms with Gasteiger partial charge in [-0.3, -0.25) is 9.48 Å². The van der Waals surface area contributed by atoms with Crippen LogP contribution in [0.1, 0.15) is 42.6 Å². The normalized spacial score (nSPS) is 15.5. The van der Waals surface area contributed by atoms with Crippen molar-refractivity contribution in [1.82, 2.24) is 9.78 Å². The molecule has 1 amide bonds. The molecule has 7 nitrogen and oxygen atoms in total. The van der Waals surface area contributed by atoms with Crippen molar-refractivity contribution in [1.29, 1.82) is 0 Å². The molecule has 3 rings (SSSR count). The van der Waals surface area contributed by atoms with E-state index in [2.05, 4.69) is 10.4 Å². The van der Waals surface area contributed by atoms with Gasteiger partial charge in [0, 0.05) is 24.6 Å². The lowest BCUT2D eigenvalue weighted by molar-refractivity contribution is 0.101. The minimum atomic E-state index is -3.34. The standard InChI is InChI=1S/C19H25N3O4S/c1-26-18-12-17(22(21-18)13-14-7-4-3-5-8-14)19(23)20-15-9-6-10-16(11-15)27(2,24)25/h6,9-12,14H,3-5,7-8,13H2,1-2H3,(H,20,23). The summed E-state index contributed by atoms with van der Waals surface area (Å²) in [6, 6.07) is 7.82. The third kappa shape index (κ3) is 4.88. The number of carbonyl (C=O) groups excluding carboxylic acids is 1. The van der Waals surface area contributed by atoms with Gasteiger partial charge in [-0.2, -0.15) is 0 Å². The Morgan fingerprint density at radius 2 is 2.00 bits per heavy atom. The van der Waals surface area contributed by atoms with Gasteiger partial charge in [-0.25, -0.2) is 8.42 Å². The quantitative estimate of drug-likeness (QED) is 0.817. The van der Waals surface area contributed by atoms with Crippen LogP contribution in [0.25, 0.3) is 0 Å². The number of methoxy groups -OCH3 is 1. The molecule has 27 heavy (non-hydrogen) atoms. The molecule has 1 fully saturated rings. The molecule has 0 saturated heterocycles. The maximum absolute atomic E-state index is 12.8. The molecule has 8 heteroatoms. The molecule has 1 aliphatic carbocycles. The first-order valence-corrected chi connectivity index (χ1v) is 11.0. The second-order valence-corrected chi connectivity index (χ2v) is 9.03. The minimum Gasteiger partial charge on any atom is -0.480 e. The number of anilines is 1. The van der Waals surface area contributed by atoms with Gasteiger partial charge in [0.15, 0.2) is 9.84 Å². The first-order valence-electron chi connectivity index (χ1n) is 9.10. The van der Waals surface area contributed by atoms with Gasteiger partial charge in [0.25, 0.3) is 5.91 Å². The topological polar surface area (TPSA) is 90.3 Å². The van der Waals surface area contributed by atoms with E-state index in [4.69, 9.17) is 4.74 Å². The van der Waals surface area contributed by atoms with E-state index in [1.54, 1.807) is 22.9 Å². The van der Waals surface area contributed by atoms with Gasteiger partial charge in [-0.05, 0) is 37.0 Å². The van der Waals surface area contributed by atoms with Crippen LogP contribution >= 0.6 is 0 Å². The van der Waals surface area contributed by atoms with E-state index in [0.717, 1.165) is 19.1 Å². The largest absolute Gasteiger partial charge is 0.480 e. The summed E-state index contributed by atoms with van der Waals surface area (Å²) in [5.74, 6) is 0.552. The summed E-state index contributed by atoms with van der Waals surface area (Å²) in [5, 5.41) is 7.15. The predicted molar refractivity (Wildman–Crippen MR) is 103 cm³/mol. The Hall–Kier alpha value is -2.35. The lowest BCUT2D eigenvalue weighted by Gasteiger charge is -2.22. The third-order valence-electron chi connectivity index (χ3n) is 4.88. The maximum atomic E-state index is 12.8. The van der Waals surface area contributed by atoms with Crippen molar-refractivity contribution in [3.63, 3.8) is 0 Å². The summed E-state index contributed by atoms with van der Waals surface area (Å²) in [5.41, 5.74) is 0.828. The van der Waals surface area contributed by atoms with E-state index in [9.17, 15) is 13.2 Å². The number of nitrogens with one attached hydrogen (secondary N) is 1. The van der Waals surface area contributed by atoms with Crippen LogP contribution in [0.3, 0.4) is 0 Å². The number of amides is 1. The lowest BCUT2D eigenvalue weighted by atomic mass is 9.89. The van der Waals surface area contributed by atoms with Crippen molar-refractivity contribution in [3.05, 3.63) is 36.0 Å². The highest BCUT2D eigenvalue weighted by atomic mass is 32.2. The number of hydrogen-bond donors (Lipinski definition) is 1. The van der Waals surface area contributed by atoms with Gasteiger partial charge < -0.3 is 10.1 Å². The number of aromatic nitrogens is 2. The number of benzene rings is 1. The molecule has 1 N–H and O–H groups in total. The molecule has 1 aromatic carbocycles. The number of ether oxygens (including phenoxy) is 1. The molecule has 1 aliphatic rings. The van der Waals surface area contributed by atoms with Gasteiger partial charge in [0.1, 0.15) is 5.69 Å². The number of carbonyl (C=O) groups is 1. The molecular weight excluding hydrogens is 366 g/mol. The number of rotatable bonds is 6. The van der Waals surface area contributed by atoms with Crippen LogP contribution in [0.15, 0.2) is 35.2 Å². The lowest BCUT2D eigenvalue weighted by Crippen LogP contribution is -2.22. The number of hydrogen-bond acceptors (Lipinski definition) is 5. The van der Waals surface area contributed by atoms with E-state index in [0.29, 0.717) is 29.7 Å². The Balaban J connectivity index is 1.80. The predicted octanol–water partition coefficient (Wildman–Crippen LogP) is 3.13. The van der Waals surface area contributed by atoms with Gasteiger partial charge >= 0.3 is 0 Å². The van der Waals surface area contributed by atoms with Gasteiger partial charge in [0.05, 0.1) is 12.0 Å². The smallest absolute Gasteiger partial charge is 0.274 e. The summed E-state index contributed by atoms with van der Waals surface area (Å²) in [6.45, 7) is 0.676. The zero-order chi connectivity index (χ0) is 19.4. The molecule has 0 bridgehead atoms. The van der Waals surface area contributed by atoms with Crippen molar-refractivity contribution in [2.24, 2.45) is 5.92 Å². The SMILES string of the molecule is COc1cc(C(=O)Nc2cccc(S(C)(=O)=O)c2)n(CC2CCCCC2)n1. The van der Waals surface area contributed by atoms with Crippen LogP contribution in [0, 0.1) is 5.92 Å². The molecule has 0 unspecified atom stereocenters. The highest BCUT2D eigenvalue weighted by Crippen LogP contribution is 2.26. The average molecular weight is 391 g/mol. The summed E-state index contributed by atoms with van der Waals surface area (Å²) in [6.07, 6.45) is 7.10. The van der Waals surface area contributed by atoms with Crippen molar-refractivity contribution < 1.29 is 17.9 Å². The molecule has 0 atom stereocenters. The van der Waals surface area contributed by atoms with Crippen LogP contribution in [-0.4, -0.2) is 37.5 Å². The van der Waals surface area contributed by atoms with E-state index >= 15 is 0 Å². The van der Waals surface area contributed by atoms with Crippen LogP contribution in [0.2, 0.25) is 0 Å². The fraction of sp³-hybridized carbons (Fsp3) is 0.474. The Morgan fingerprint density at radius 1 is 1.26 bits per heavy atom. The molecule has 1 saturated carbocycles. The van der Waals surface area contributed by atoms with Crippen molar-refractivity contribution >= 4 is 21.4 Å². The van der Waals surface area contributed by atoms with Crippen LogP contribution < -0.4 is 10.1 Å². The summed E-state index contributed by atoms with van der Waals surface area (Å²) in [7, 11) is -1.82. The molecule has 0 radical (unpaired) electrons. The first kappa shape index (κ1) is 19.4. The van der Waals surface area contributed by atoms with Crippen LogP contribution in [0.4, 0.5) is 5.69 Å². The van der Waals surface area contributed by atoms with E-state index in [1.807, 2.05) is 0 Å². The van der Waals surface area contributed by atoms with Gasteiger partial charge in [-0.1, -0.05) is 25.3 Å². The highest BCUT2D eigenvalue weighted by Gasteiger charge is 2.21. The molecule has 0 spiro atoms. The van der Waals surface area contributed by atoms with E-state index < -0.39 is 9.84 Å². The Bertz CT molecular complexity index is 915. The van der Waals surface area contributed by atoms with E-state index in [-0.39, 0.29) is 10.8 Å². The monoisotopic (exact) mass is 391 g/mol. The fourth-order valence-corrected chi connectivity index (χ4v) is 4.10. The second kappa shape index (κ2) is 8.12. The zero-order valence-electron chi connectivity index (χ0n) is 15.6. The first-order chi connectivity index (χ1) is 12.9. The Morgan fingerprint density at radius 3 is 2.67 bits per heavy atom. The van der Waals surface area contributed by atoms with Crippen LogP contribution in [-0.2, 0) is 16.4 Å². The average Bonchev–Trinajstić information content (AvgIpc) is 3.05. The molecule has 1 aromatic heterocycles. The summed E-state index contributed by atoms with van der Waals surface area (Å²) < 4.78 is 30.3. The fourth-order valence-electron chi connectivity index (χ4n) is 3.43. The Labute approximate surface area is 159 Å². The Kier molecular flexibility index (Phi) is 5.84. The van der Waals surface area contributed by atoms with Gasteiger partial charge in [-0.15, -0.1) is 5.10 Å². The van der Waals surface area contributed by atoms with Crippen molar-refractivity contribution in [2.75, 3.05) is 18.7 Å². The molecule has 146 valence electrons. The van der Waals surface area contributed by atoms with Crippen molar-refractivity contribution in [3.8, 4) is 5.88 Å². The van der Waals surface area contributed by atoms with E-state index in [1.165, 1.54) is 38.5 Å². The molecule has 1 heterocycles. The number of nitrogens with zero attached hydrogens (tertiary/aromatic N) is 2. The molecular formula is C19H25N3O4S. The highest BCUT2D eigenvalue weighted by molar-refractivity contribution is 7.90. The van der Waals surface area contributed by atoms with Gasteiger partial charge in [0.2, 0.25) is 5.88 Å². The second-order valence-electron chi connectivity index (χ2n) is 7.01. The summed E-state index contributed by atoms with van der Waals surface area (Å²) >= 11 is 0. The minimum absolute atomic E-state index is 0.161. The number of sulfone groups is 1. The maximum Gasteiger partial charge on any atom is 0.274 e. The third-order valence-corrected chi connectivity index (χ3v) is 5.99. The molecule has 0 aliphatic heterocycles. The van der Waals surface area contributed by atoms with Crippen molar-refractivity contribution in [2.45, 2.75) is 43.5 Å².